The van der Waals surface area contributed by atoms with Crippen LogP contribution in [0.1, 0.15) is 21.5 Å². The van der Waals surface area contributed by atoms with Crippen LogP contribution in [0, 0.1) is 13.8 Å². The van der Waals surface area contributed by atoms with Crippen molar-refractivity contribution in [3.8, 4) is 0 Å². The minimum Gasteiger partial charge on any atom is -0.362 e. The smallest absolute Gasteiger partial charge is 0.187 e. The zero-order chi connectivity index (χ0) is 13.7. The van der Waals surface area contributed by atoms with E-state index >= 15 is 0 Å². The van der Waals surface area contributed by atoms with Gasteiger partial charge in [-0.15, -0.1) is 0 Å². The van der Waals surface area contributed by atoms with E-state index in [1.165, 1.54) is 5.56 Å². The van der Waals surface area contributed by atoms with Crippen LogP contribution in [0.5, 0.6) is 0 Å². The lowest BCUT2D eigenvalue weighted by molar-refractivity contribution is 0.104. The molecule has 2 rings (SSSR count). The lowest BCUT2D eigenvalue weighted by atomic mass is 10.0. The average Bonchev–Trinajstić information content (AvgIpc) is 2.43. The number of aryl methyl sites for hydroxylation is 2. The summed E-state index contributed by atoms with van der Waals surface area (Å²) in [6.07, 6.45) is 3.23. The highest BCUT2D eigenvalue weighted by Crippen LogP contribution is 2.11. The summed E-state index contributed by atoms with van der Waals surface area (Å²) in [5, 5.41) is 3.07. The van der Waals surface area contributed by atoms with Gasteiger partial charge in [-0.3, -0.25) is 4.79 Å². The van der Waals surface area contributed by atoms with E-state index in [0.29, 0.717) is 5.56 Å². The van der Waals surface area contributed by atoms with Crippen molar-refractivity contribution < 1.29 is 4.79 Å². The van der Waals surface area contributed by atoms with Crippen LogP contribution in [0.2, 0.25) is 0 Å². The Kier molecular flexibility index (Phi) is 4.14. The van der Waals surface area contributed by atoms with Gasteiger partial charge in [-0.05, 0) is 43.2 Å². The van der Waals surface area contributed by atoms with Gasteiger partial charge in [0.15, 0.2) is 5.78 Å². The van der Waals surface area contributed by atoms with E-state index in [0.717, 1.165) is 11.3 Å². The third-order valence-corrected chi connectivity index (χ3v) is 3.05. The van der Waals surface area contributed by atoms with Crippen LogP contribution in [-0.4, -0.2) is 5.78 Å². The first-order chi connectivity index (χ1) is 9.16. The van der Waals surface area contributed by atoms with Crippen LogP contribution in [0.4, 0.5) is 5.69 Å². The van der Waals surface area contributed by atoms with Gasteiger partial charge in [0.05, 0.1) is 0 Å². The van der Waals surface area contributed by atoms with Crippen LogP contribution in [0.25, 0.3) is 0 Å². The van der Waals surface area contributed by atoms with Crippen molar-refractivity contribution in [1.29, 1.82) is 0 Å². The Morgan fingerprint density at radius 1 is 1.00 bits per heavy atom. The quantitative estimate of drug-likeness (QED) is 0.654. The number of anilines is 1. The topological polar surface area (TPSA) is 29.1 Å². The number of hydrogen-bond donors (Lipinski definition) is 1. The van der Waals surface area contributed by atoms with Crippen LogP contribution in [0.3, 0.4) is 0 Å². The van der Waals surface area contributed by atoms with Crippen LogP contribution in [-0.2, 0) is 0 Å². The summed E-state index contributed by atoms with van der Waals surface area (Å²) in [5.41, 5.74) is 4.01. The molecule has 0 saturated heterocycles. The second-order valence-corrected chi connectivity index (χ2v) is 4.51. The first kappa shape index (κ1) is 13.1. The Balaban J connectivity index is 2.02. The molecule has 0 saturated carbocycles. The summed E-state index contributed by atoms with van der Waals surface area (Å²) in [6, 6.07) is 15.5. The van der Waals surface area contributed by atoms with Gasteiger partial charge in [0.25, 0.3) is 0 Å². The summed E-state index contributed by atoms with van der Waals surface area (Å²) in [6.45, 7) is 4.05. The number of rotatable bonds is 4. The first-order valence-electron chi connectivity index (χ1n) is 6.26. The largest absolute Gasteiger partial charge is 0.362 e. The van der Waals surface area contributed by atoms with Crippen molar-refractivity contribution >= 4 is 11.5 Å². The Hall–Kier alpha value is -2.35. The molecule has 0 bridgehead atoms. The zero-order valence-electron chi connectivity index (χ0n) is 11.2. The van der Waals surface area contributed by atoms with E-state index in [4.69, 9.17) is 0 Å². The lowest BCUT2D eigenvalue weighted by Crippen LogP contribution is -1.97. The predicted octanol–water partition coefficient (Wildman–Crippen LogP) is 4.11. The third kappa shape index (κ3) is 3.55. The fraction of sp³-hybridized carbons (Fsp3) is 0.118. The van der Waals surface area contributed by atoms with E-state index < -0.39 is 0 Å². The molecule has 1 N–H and O–H groups in total. The third-order valence-electron chi connectivity index (χ3n) is 3.05. The summed E-state index contributed by atoms with van der Waals surface area (Å²) in [7, 11) is 0. The monoisotopic (exact) mass is 251 g/mol. The van der Waals surface area contributed by atoms with Crippen molar-refractivity contribution in [3.63, 3.8) is 0 Å². The Morgan fingerprint density at radius 3 is 2.42 bits per heavy atom. The molecule has 0 aliphatic heterocycles. The summed E-state index contributed by atoms with van der Waals surface area (Å²) >= 11 is 0. The minimum absolute atomic E-state index is 0.00605. The fourth-order valence-electron chi connectivity index (χ4n) is 1.74. The minimum atomic E-state index is 0.00605. The number of benzene rings is 2. The molecule has 0 aliphatic carbocycles. The van der Waals surface area contributed by atoms with E-state index in [9.17, 15) is 4.79 Å². The predicted molar refractivity (Wildman–Crippen MR) is 79.5 cm³/mol. The average molecular weight is 251 g/mol. The molecule has 0 atom stereocenters. The van der Waals surface area contributed by atoms with Crippen molar-refractivity contribution in [2.24, 2.45) is 0 Å². The maximum absolute atomic E-state index is 12.0. The maximum Gasteiger partial charge on any atom is 0.187 e. The molecule has 2 nitrogen and oxygen atoms in total. The highest BCUT2D eigenvalue weighted by atomic mass is 16.1. The Morgan fingerprint density at radius 2 is 1.74 bits per heavy atom. The molecule has 0 fully saturated rings. The van der Waals surface area contributed by atoms with Crippen LogP contribution < -0.4 is 5.32 Å². The number of carbonyl (C=O) groups excluding carboxylic acids is 1. The van der Waals surface area contributed by atoms with E-state index in [2.05, 4.69) is 5.32 Å². The molecule has 0 aliphatic rings. The second-order valence-electron chi connectivity index (χ2n) is 4.51. The van der Waals surface area contributed by atoms with Gasteiger partial charge in [0.1, 0.15) is 0 Å². The van der Waals surface area contributed by atoms with Gasteiger partial charge in [-0.25, -0.2) is 0 Å². The highest BCUT2D eigenvalue weighted by molar-refractivity contribution is 6.04. The SMILES string of the molecule is Cc1ccc(C(=O)/C=C/Nc2ccccc2)cc1C. The molecule has 2 heteroatoms. The van der Waals surface area contributed by atoms with Crippen molar-refractivity contribution in [2.75, 3.05) is 5.32 Å². The number of para-hydroxylation sites is 1. The zero-order valence-corrected chi connectivity index (χ0v) is 11.2. The number of carbonyl (C=O) groups is 1. The van der Waals surface area contributed by atoms with Gasteiger partial charge in [-0.2, -0.15) is 0 Å². The molecular formula is C17H17NO. The molecule has 19 heavy (non-hydrogen) atoms. The second kappa shape index (κ2) is 6.01. The van der Waals surface area contributed by atoms with Gasteiger partial charge in [0.2, 0.25) is 0 Å². The van der Waals surface area contributed by atoms with Gasteiger partial charge < -0.3 is 5.32 Å². The summed E-state index contributed by atoms with van der Waals surface area (Å²) in [5.74, 6) is 0.00605. The molecular weight excluding hydrogens is 234 g/mol. The summed E-state index contributed by atoms with van der Waals surface area (Å²) in [4.78, 5) is 12.0. The number of allylic oxidation sites excluding steroid dienone is 1. The van der Waals surface area contributed by atoms with Gasteiger partial charge >= 0.3 is 0 Å². The molecule has 0 radical (unpaired) electrons. The Bertz CT molecular complexity index is 600. The number of nitrogens with one attached hydrogen (secondary N) is 1. The molecule has 0 amide bonds. The molecule has 2 aromatic rings. The standard InChI is InChI=1S/C17H17NO/c1-13-8-9-15(12-14(13)2)17(19)10-11-18-16-6-4-3-5-7-16/h3-12,18H,1-2H3/b11-10+. The number of ketones is 1. The van der Waals surface area contributed by atoms with Crippen LogP contribution >= 0.6 is 0 Å². The van der Waals surface area contributed by atoms with Crippen molar-refractivity contribution in [3.05, 3.63) is 77.5 Å². The summed E-state index contributed by atoms with van der Waals surface area (Å²) < 4.78 is 0. The molecule has 2 aromatic carbocycles. The fourth-order valence-corrected chi connectivity index (χ4v) is 1.74. The van der Waals surface area contributed by atoms with E-state index in [-0.39, 0.29) is 5.78 Å². The lowest BCUT2D eigenvalue weighted by Gasteiger charge is -2.02. The molecule has 96 valence electrons. The van der Waals surface area contributed by atoms with E-state index in [1.54, 1.807) is 12.3 Å². The molecule has 0 aromatic heterocycles. The van der Waals surface area contributed by atoms with Gasteiger partial charge in [-0.1, -0.05) is 30.3 Å². The molecule has 0 unspecified atom stereocenters. The van der Waals surface area contributed by atoms with Crippen molar-refractivity contribution in [2.45, 2.75) is 13.8 Å². The first-order valence-corrected chi connectivity index (χ1v) is 6.26. The Labute approximate surface area is 113 Å². The van der Waals surface area contributed by atoms with Crippen LogP contribution in [0.15, 0.2) is 60.8 Å². The number of hydrogen-bond acceptors (Lipinski definition) is 2. The van der Waals surface area contributed by atoms with Gasteiger partial charge in [0, 0.05) is 23.5 Å². The van der Waals surface area contributed by atoms with Crippen molar-refractivity contribution in [1.82, 2.24) is 0 Å². The molecule has 0 heterocycles. The highest BCUT2D eigenvalue weighted by Gasteiger charge is 2.02. The normalized spacial score (nSPS) is 10.6. The van der Waals surface area contributed by atoms with E-state index in [1.807, 2.05) is 62.4 Å². The molecule has 0 spiro atoms. The maximum atomic E-state index is 12.0.